The SMILES string of the molecule is Cc1ccc(C2CC(=O)CCN2CCc2cccs2)cc1. The summed E-state index contributed by atoms with van der Waals surface area (Å²) in [6.07, 6.45) is 2.44. The van der Waals surface area contributed by atoms with Gasteiger partial charge in [0.05, 0.1) is 0 Å². The van der Waals surface area contributed by atoms with E-state index in [4.69, 9.17) is 0 Å². The van der Waals surface area contributed by atoms with Gasteiger partial charge in [-0.15, -0.1) is 11.3 Å². The summed E-state index contributed by atoms with van der Waals surface area (Å²) in [5.41, 5.74) is 2.55. The second-order valence-electron chi connectivity index (χ2n) is 5.78. The highest BCUT2D eigenvalue weighted by Crippen LogP contribution is 2.29. The highest BCUT2D eigenvalue weighted by molar-refractivity contribution is 7.09. The number of likely N-dealkylation sites (tertiary alicyclic amines) is 1. The maximum Gasteiger partial charge on any atom is 0.136 e. The van der Waals surface area contributed by atoms with Crippen LogP contribution in [0.4, 0.5) is 0 Å². The molecular formula is C18H21NOS. The zero-order valence-corrected chi connectivity index (χ0v) is 13.2. The average Bonchev–Trinajstić information content (AvgIpc) is 3.00. The fraction of sp³-hybridized carbons (Fsp3) is 0.389. The van der Waals surface area contributed by atoms with E-state index in [-0.39, 0.29) is 6.04 Å². The first-order valence-electron chi connectivity index (χ1n) is 7.57. The van der Waals surface area contributed by atoms with Gasteiger partial charge in [-0.25, -0.2) is 0 Å². The molecule has 0 N–H and O–H groups in total. The highest BCUT2D eigenvalue weighted by Gasteiger charge is 2.27. The van der Waals surface area contributed by atoms with Crippen molar-refractivity contribution in [1.82, 2.24) is 4.90 Å². The number of hydrogen-bond donors (Lipinski definition) is 0. The van der Waals surface area contributed by atoms with E-state index in [9.17, 15) is 4.79 Å². The molecule has 1 aliphatic heterocycles. The predicted octanol–water partition coefficient (Wildman–Crippen LogP) is 4.01. The van der Waals surface area contributed by atoms with Crippen LogP contribution in [0.3, 0.4) is 0 Å². The van der Waals surface area contributed by atoms with Crippen molar-refractivity contribution in [2.24, 2.45) is 0 Å². The van der Waals surface area contributed by atoms with Crippen molar-refractivity contribution in [3.63, 3.8) is 0 Å². The molecule has 2 nitrogen and oxygen atoms in total. The Balaban J connectivity index is 1.73. The Morgan fingerprint density at radius 2 is 2.05 bits per heavy atom. The van der Waals surface area contributed by atoms with Gasteiger partial charge in [0.25, 0.3) is 0 Å². The number of benzene rings is 1. The van der Waals surface area contributed by atoms with Gasteiger partial charge in [0, 0.05) is 36.9 Å². The summed E-state index contributed by atoms with van der Waals surface area (Å²) in [6.45, 7) is 4.03. The Morgan fingerprint density at radius 1 is 1.24 bits per heavy atom. The Bertz CT molecular complexity index is 588. The molecule has 1 fully saturated rings. The fourth-order valence-electron chi connectivity index (χ4n) is 2.96. The van der Waals surface area contributed by atoms with E-state index < -0.39 is 0 Å². The normalized spacial score (nSPS) is 19.9. The van der Waals surface area contributed by atoms with Crippen LogP contribution >= 0.6 is 11.3 Å². The zero-order chi connectivity index (χ0) is 14.7. The van der Waals surface area contributed by atoms with Crippen LogP contribution in [0.2, 0.25) is 0 Å². The predicted molar refractivity (Wildman–Crippen MR) is 87.8 cm³/mol. The van der Waals surface area contributed by atoms with Crippen molar-refractivity contribution in [3.8, 4) is 0 Å². The van der Waals surface area contributed by atoms with Crippen molar-refractivity contribution in [2.45, 2.75) is 32.2 Å². The van der Waals surface area contributed by atoms with E-state index in [0.717, 1.165) is 19.5 Å². The van der Waals surface area contributed by atoms with Crippen LogP contribution in [0.5, 0.6) is 0 Å². The number of carbonyl (C=O) groups excluding carboxylic acids is 1. The minimum absolute atomic E-state index is 0.256. The number of carbonyl (C=O) groups is 1. The van der Waals surface area contributed by atoms with Gasteiger partial charge in [-0.3, -0.25) is 9.69 Å². The van der Waals surface area contributed by atoms with Crippen LogP contribution in [0.1, 0.15) is 34.9 Å². The molecular weight excluding hydrogens is 278 g/mol. The molecule has 0 saturated carbocycles. The van der Waals surface area contributed by atoms with Crippen molar-refractivity contribution in [1.29, 1.82) is 0 Å². The number of Topliss-reactive ketones (excluding diaryl/α,β-unsaturated/α-hetero) is 1. The smallest absolute Gasteiger partial charge is 0.136 e. The van der Waals surface area contributed by atoms with Crippen LogP contribution in [-0.4, -0.2) is 23.8 Å². The van der Waals surface area contributed by atoms with Crippen molar-refractivity contribution < 1.29 is 4.79 Å². The van der Waals surface area contributed by atoms with E-state index in [2.05, 4.69) is 53.6 Å². The molecule has 1 atom stereocenters. The Hall–Kier alpha value is -1.45. The maximum absolute atomic E-state index is 11.9. The number of thiophene rings is 1. The summed E-state index contributed by atoms with van der Waals surface area (Å²) in [5, 5.41) is 2.13. The number of ketones is 1. The third kappa shape index (κ3) is 3.60. The number of rotatable bonds is 4. The fourth-order valence-corrected chi connectivity index (χ4v) is 3.66. The molecule has 2 aromatic rings. The molecule has 0 aliphatic carbocycles. The van der Waals surface area contributed by atoms with Gasteiger partial charge in [-0.05, 0) is 30.4 Å². The third-order valence-corrected chi connectivity index (χ3v) is 5.16. The summed E-state index contributed by atoms with van der Waals surface area (Å²) < 4.78 is 0. The van der Waals surface area contributed by atoms with Gasteiger partial charge >= 0.3 is 0 Å². The van der Waals surface area contributed by atoms with E-state index in [1.165, 1.54) is 16.0 Å². The highest BCUT2D eigenvalue weighted by atomic mass is 32.1. The Kier molecular flexibility index (Phi) is 4.51. The lowest BCUT2D eigenvalue weighted by Crippen LogP contribution is -2.38. The monoisotopic (exact) mass is 299 g/mol. The second kappa shape index (κ2) is 6.54. The molecule has 21 heavy (non-hydrogen) atoms. The molecule has 2 heterocycles. The van der Waals surface area contributed by atoms with Gasteiger partial charge in [-0.2, -0.15) is 0 Å². The maximum atomic E-state index is 11.9. The van der Waals surface area contributed by atoms with Crippen LogP contribution in [0.25, 0.3) is 0 Å². The van der Waals surface area contributed by atoms with E-state index in [0.29, 0.717) is 18.6 Å². The number of aryl methyl sites for hydroxylation is 1. The van der Waals surface area contributed by atoms with Crippen LogP contribution in [0.15, 0.2) is 41.8 Å². The van der Waals surface area contributed by atoms with Gasteiger partial charge in [0.15, 0.2) is 0 Å². The Morgan fingerprint density at radius 3 is 2.76 bits per heavy atom. The van der Waals surface area contributed by atoms with Crippen LogP contribution < -0.4 is 0 Å². The molecule has 1 unspecified atom stereocenters. The van der Waals surface area contributed by atoms with E-state index in [1.54, 1.807) is 0 Å². The minimum atomic E-state index is 0.256. The third-order valence-electron chi connectivity index (χ3n) is 4.23. The van der Waals surface area contributed by atoms with Gasteiger partial charge in [-0.1, -0.05) is 35.9 Å². The van der Waals surface area contributed by atoms with Gasteiger partial charge in [0.2, 0.25) is 0 Å². The van der Waals surface area contributed by atoms with Gasteiger partial charge < -0.3 is 0 Å². The largest absolute Gasteiger partial charge is 0.300 e. The first-order valence-corrected chi connectivity index (χ1v) is 8.45. The van der Waals surface area contributed by atoms with Crippen LogP contribution in [0, 0.1) is 6.92 Å². The molecule has 0 amide bonds. The topological polar surface area (TPSA) is 20.3 Å². The molecule has 110 valence electrons. The lowest BCUT2D eigenvalue weighted by molar-refractivity contribution is -0.123. The molecule has 1 saturated heterocycles. The lowest BCUT2D eigenvalue weighted by Gasteiger charge is -2.35. The molecule has 0 bridgehead atoms. The van der Waals surface area contributed by atoms with Crippen molar-refractivity contribution in [3.05, 3.63) is 57.8 Å². The molecule has 1 aromatic heterocycles. The number of piperidine rings is 1. The molecule has 3 heteroatoms. The molecule has 1 aromatic carbocycles. The summed E-state index contributed by atoms with van der Waals surface area (Å²) in [6, 6.07) is 13.2. The first kappa shape index (κ1) is 14.5. The zero-order valence-electron chi connectivity index (χ0n) is 12.4. The molecule has 0 spiro atoms. The summed E-state index contributed by atoms with van der Waals surface area (Å²) in [4.78, 5) is 15.8. The number of hydrogen-bond acceptors (Lipinski definition) is 3. The molecule has 1 aliphatic rings. The Labute approximate surface area is 130 Å². The quantitative estimate of drug-likeness (QED) is 0.850. The lowest BCUT2D eigenvalue weighted by atomic mass is 9.93. The van der Waals surface area contributed by atoms with E-state index in [1.807, 2.05) is 11.3 Å². The molecule has 0 radical (unpaired) electrons. The van der Waals surface area contributed by atoms with Gasteiger partial charge in [0.1, 0.15) is 5.78 Å². The summed E-state index contributed by atoms with van der Waals surface area (Å²) >= 11 is 1.82. The van der Waals surface area contributed by atoms with Crippen molar-refractivity contribution >= 4 is 17.1 Å². The number of nitrogens with zero attached hydrogens (tertiary/aromatic N) is 1. The van der Waals surface area contributed by atoms with Crippen molar-refractivity contribution in [2.75, 3.05) is 13.1 Å². The van der Waals surface area contributed by atoms with Crippen LogP contribution in [-0.2, 0) is 11.2 Å². The average molecular weight is 299 g/mol. The minimum Gasteiger partial charge on any atom is -0.300 e. The molecule has 3 rings (SSSR count). The first-order chi connectivity index (χ1) is 10.2. The standard InChI is InChI=1S/C18H21NOS/c1-14-4-6-15(7-5-14)18-13-16(20)8-10-19(18)11-9-17-3-2-12-21-17/h2-7,12,18H,8-11,13H2,1H3. The second-order valence-corrected chi connectivity index (χ2v) is 6.82. The van der Waals surface area contributed by atoms with E-state index >= 15 is 0 Å². The summed E-state index contributed by atoms with van der Waals surface area (Å²) in [5.74, 6) is 0.396. The summed E-state index contributed by atoms with van der Waals surface area (Å²) in [7, 11) is 0.